The van der Waals surface area contributed by atoms with Crippen LogP contribution >= 0.6 is 39.0 Å². The number of esters is 1. The molecule has 0 bridgehead atoms. The lowest BCUT2D eigenvalue weighted by Gasteiger charge is -2.18. The van der Waals surface area contributed by atoms with E-state index in [1.54, 1.807) is 11.3 Å². The Kier molecular flexibility index (Phi) is 13.9. The zero-order valence-electron chi connectivity index (χ0n) is 27.6. The van der Waals surface area contributed by atoms with Crippen molar-refractivity contribution < 1.29 is 9.53 Å². The fourth-order valence-electron chi connectivity index (χ4n) is 6.55. The molecule has 0 aliphatic rings. The number of ether oxygens (including phenoxy) is 1. The van der Waals surface area contributed by atoms with Gasteiger partial charge in [0.2, 0.25) is 0 Å². The third-order valence-corrected chi connectivity index (χ3v) is 11.6. The van der Waals surface area contributed by atoms with E-state index in [-0.39, 0.29) is 5.97 Å². The molecule has 5 aromatic rings. The van der Waals surface area contributed by atoms with Crippen molar-refractivity contribution in [1.29, 1.82) is 0 Å². The van der Waals surface area contributed by atoms with E-state index in [9.17, 15) is 4.79 Å². The summed E-state index contributed by atoms with van der Waals surface area (Å²) in [6.45, 7) is 5.05. The zero-order valence-corrected chi connectivity index (χ0v) is 30.8. The number of halogens is 1. The van der Waals surface area contributed by atoms with E-state index in [2.05, 4.69) is 68.9 Å². The summed E-state index contributed by atoms with van der Waals surface area (Å²) in [4.78, 5) is 15.0. The van der Waals surface area contributed by atoms with E-state index >= 15 is 0 Å². The van der Waals surface area contributed by atoms with Crippen molar-refractivity contribution in [3.63, 3.8) is 0 Å². The van der Waals surface area contributed by atoms with E-state index in [0.29, 0.717) is 18.1 Å². The minimum Gasteiger partial charge on any atom is -0.462 e. The van der Waals surface area contributed by atoms with Gasteiger partial charge >= 0.3 is 5.97 Å². The van der Waals surface area contributed by atoms with Crippen LogP contribution in [0.15, 0.2) is 53.0 Å². The highest BCUT2D eigenvalue weighted by molar-refractivity contribution is 9.10. The molecule has 2 aromatic heterocycles. The van der Waals surface area contributed by atoms with Gasteiger partial charge in [0.05, 0.1) is 23.9 Å². The summed E-state index contributed by atoms with van der Waals surface area (Å²) >= 11 is 6.56. The number of hydrogen-bond donors (Lipinski definition) is 0. The number of nitrogens with zero attached hydrogens (tertiary/aromatic N) is 2. The van der Waals surface area contributed by atoms with E-state index in [4.69, 9.17) is 4.74 Å². The first-order valence-electron chi connectivity index (χ1n) is 17.6. The van der Waals surface area contributed by atoms with Crippen LogP contribution in [0.2, 0.25) is 0 Å². The Bertz CT molecular complexity index is 1690. The van der Waals surface area contributed by atoms with Gasteiger partial charge in [-0.1, -0.05) is 134 Å². The van der Waals surface area contributed by atoms with Crippen LogP contribution in [0.25, 0.3) is 42.3 Å². The van der Waals surface area contributed by atoms with Crippen molar-refractivity contribution >= 4 is 76.9 Å². The van der Waals surface area contributed by atoms with Gasteiger partial charge in [-0.15, -0.1) is 11.3 Å². The molecule has 0 aliphatic carbocycles. The summed E-state index contributed by atoms with van der Waals surface area (Å²) in [5, 5.41) is 3.18. The van der Waals surface area contributed by atoms with Crippen LogP contribution < -0.4 is 0 Å². The predicted octanol–water partition coefficient (Wildman–Crippen LogP) is 13.5. The van der Waals surface area contributed by atoms with Crippen molar-refractivity contribution in [2.45, 2.75) is 117 Å². The number of benzene rings is 3. The van der Waals surface area contributed by atoms with Gasteiger partial charge in [0.1, 0.15) is 11.0 Å². The van der Waals surface area contributed by atoms with Crippen molar-refractivity contribution in [2.24, 2.45) is 5.92 Å². The Morgan fingerprint density at radius 3 is 2.09 bits per heavy atom. The molecular weight excluding hydrogens is 672 g/mol. The van der Waals surface area contributed by atoms with Crippen molar-refractivity contribution in [3.05, 3.63) is 58.6 Å². The van der Waals surface area contributed by atoms with Crippen LogP contribution in [0.5, 0.6) is 0 Å². The maximum absolute atomic E-state index is 13.9. The van der Waals surface area contributed by atoms with Gasteiger partial charge in [-0.05, 0) is 63.7 Å². The summed E-state index contributed by atoms with van der Waals surface area (Å²) in [5.41, 5.74) is 3.46. The average Bonchev–Trinajstić information content (AvgIpc) is 3.75. The average molecular weight is 722 g/mol. The minimum atomic E-state index is -0.208. The fraction of sp³-hybridized carbons (Fsp3) is 0.513. The van der Waals surface area contributed by atoms with E-state index < -0.39 is 0 Å². The zero-order chi connectivity index (χ0) is 32.1. The van der Waals surface area contributed by atoms with Gasteiger partial charge in [0, 0.05) is 25.0 Å². The van der Waals surface area contributed by atoms with Crippen LogP contribution in [0.4, 0.5) is 0 Å². The molecule has 1 unspecified atom stereocenters. The summed E-state index contributed by atoms with van der Waals surface area (Å²) in [7, 11) is 0. The Morgan fingerprint density at radius 1 is 0.761 bits per heavy atom. The Hall–Kier alpha value is -2.35. The molecule has 0 spiro atoms. The highest BCUT2D eigenvalue weighted by Crippen LogP contribution is 2.42. The van der Waals surface area contributed by atoms with Crippen LogP contribution in [-0.2, 0) is 4.74 Å². The summed E-state index contributed by atoms with van der Waals surface area (Å²) in [5.74, 6) is 0.220. The SMILES string of the molecule is CCCCCCCCCCC(CCCCCCCC)COC(=O)c1cc2ccccc2c2sc(-c3ccc(Br)c4nsnc34)cc12. The molecule has 5 rings (SSSR count). The number of thiophene rings is 1. The normalized spacial score (nSPS) is 12.4. The molecule has 7 heteroatoms. The maximum Gasteiger partial charge on any atom is 0.338 e. The first-order valence-corrected chi connectivity index (χ1v) is 20.0. The highest BCUT2D eigenvalue weighted by atomic mass is 79.9. The summed E-state index contributed by atoms with van der Waals surface area (Å²) in [6.07, 6.45) is 20.6. The molecule has 0 saturated carbocycles. The number of fused-ring (bicyclic) bond motifs is 4. The molecule has 1 atom stereocenters. The number of unbranched alkanes of at least 4 members (excludes halogenated alkanes) is 12. The largest absolute Gasteiger partial charge is 0.462 e. The van der Waals surface area contributed by atoms with Gasteiger partial charge in [-0.2, -0.15) is 8.75 Å². The summed E-state index contributed by atoms with van der Waals surface area (Å²) in [6, 6.07) is 16.7. The molecule has 0 saturated heterocycles. The van der Waals surface area contributed by atoms with E-state index in [1.165, 1.54) is 102 Å². The predicted molar refractivity (Wildman–Crippen MR) is 202 cm³/mol. The standard InChI is InChI=1S/C39H49BrN2O2S2/c1-3-5-7-9-11-12-14-16-20-28(19-15-13-10-8-6-4-2)27-44-39(43)33-25-29-21-17-18-22-30(29)38-32(33)26-35(45-38)31-23-24-34(40)37-36(31)41-46-42-37/h17-18,21-26,28H,3-16,19-20,27H2,1-2H3. The van der Waals surface area contributed by atoms with Crippen molar-refractivity contribution in [1.82, 2.24) is 8.75 Å². The van der Waals surface area contributed by atoms with Crippen LogP contribution in [0.3, 0.4) is 0 Å². The lowest BCUT2D eigenvalue weighted by atomic mass is 9.94. The number of rotatable bonds is 20. The van der Waals surface area contributed by atoms with Crippen LogP contribution in [-0.4, -0.2) is 21.3 Å². The molecule has 0 amide bonds. The molecule has 46 heavy (non-hydrogen) atoms. The highest BCUT2D eigenvalue weighted by Gasteiger charge is 2.21. The quantitative estimate of drug-likeness (QED) is 0.0593. The second-order valence-corrected chi connectivity index (χ2v) is 15.3. The Morgan fingerprint density at radius 2 is 1.39 bits per heavy atom. The fourth-order valence-corrected chi connectivity index (χ4v) is 8.90. The van der Waals surface area contributed by atoms with Gasteiger partial charge in [0.15, 0.2) is 0 Å². The topological polar surface area (TPSA) is 52.1 Å². The lowest BCUT2D eigenvalue weighted by Crippen LogP contribution is -2.15. The Balaban J connectivity index is 1.31. The number of carbonyl (C=O) groups is 1. The smallest absolute Gasteiger partial charge is 0.338 e. The maximum atomic E-state index is 13.9. The van der Waals surface area contributed by atoms with Gasteiger partial charge in [-0.3, -0.25) is 0 Å². The van der Waals surface area contributed by atoms with Gasteiger partial charge in [0.25, 0.3) is 0 Å². The van der Waals surface area contributed by atoms with Gasteiger partial charge in [-0.25, -0.2) is 4.79 Å². The molecular formula is C39H49BrN2O2S2. The number of carbonyl (C=O) groups excluding carboxylic acids is 1. The molecule has 0 fully saturated rings. The van der Waals surface area contributed by atoms with Crippen LogP contribution in [0.1, 0.15) is 127 Å². The molecule has 246 valence electrons. The van der Waals surface area contributed by atoms with Crippen LogP contribution in [0, 0.1) is 5.92 Å². The summed E-state index contributed by atoms with van der Waals surface area (Å²) < 4.78 is 17.4. The number of hydrogen-bond acceptors (Lipinski definition) is 6. The second-order valence-electron chi connectivity index (χ2n) is 12.8. The second kappa shape index (κ2) is 18.3. The molecule has 4 nitrogen and oxygen atoms in total. The Labute approximate surface area is 291 Å². The van der Waals surface area contributed by atoms with Crippen molar-refractivity contribution in [3.8, 4) is 10.4 Å². The first kappa shape index (κ1) is 35.0. The van der Waals surface area contributed by atoms with Gasteiger partial charge < -0.3 is 4.74 Å². The number of aromatic nitrogens is 2. The third kappa shape index (κ3) is 9.17. The third-order valence-electron chi connectivity index (χ3n) is 9.26. The van der Waals surface area contributed by atoms with E-state index in [1.807, 2.05) is 18.2 Å². The molecule has 0 radical (unpaired) electrons. The molecule has 3 aromatic carbocycles. The monoisotopic (exact) mass is 720 g/mol. The molecule has 2 heterocycles. The van der Waals surface area contributed by atoms with Crippen molar-refractivity contribution in [2.75, 3.05) is 6.61 Å². The van der Waals surface area contributed by atoms with E-state index in [0.717, 1.165) is 59.6 Å². The first-order chi connectivity index (χ1) is 22.6. The molecule has 0 N–H and O–H groups in total. The molecule has 0 aliphatic heterocycles. The minimum absolute atomic E-state index is 0.208. The lowest BCUT2D eigenvalue weighted by molar-refractivity contribution is 0.0424.